The van der Waals surface area contributed by atoms with Gasteiger partial charge in [-0.15, -0.1) is 0 Å². The van der Waals surface area contributed by atoms with Gasteiger partial charge in [0.05, 0.1) is 11.5 Å². The number of amides is 1. The van der Waals surface area contributed by atoms with Crippen LogP contribution in [0, 0.1) is 22.9 Å². The van der Waals surface area contributed by atoms with E-state index in [1.54, 1.807) is 0 Å². The minimum atomic E-state index is -0.707. The molecule has 1 heterocycles. The Morgan fingerprint density at radius 3 is 2.67 bits per heavy atom. The van der Waals surface area contributed by atoms with Crippen LogP contribution in [0.2, 0.25) is 0 Å². The number of hydrogen-bond donors (Lipinski definition) is 1. The van der Waals surface area contributed by atoms with Gasteiger partial charge in [0, 0.05) is 24.5 Å². The maximum atomic E-state index is 13.2. The van der Waals surface area contributed by atoms with Gasteiger partial charge in [-0.05, 0) is 31.2 Å². The summed E-state index contributed by atoms with van der Waals surface area (Å²) in [6, 6.07) is 6.54. The summed E-state index contributed by atoms with van der Waals surface area (Å²) in [4.78, 5) is 22.2. The highest BCUT2D eigenvalue weighted by Gasteiger charge is 2.20. The number of benzene rings is 1. The molecule has 0 fully saturated rings. The largest absolute Gasteiger partial charge is 0.350 e. The van der Waals surface area contributed by atoms with E-state index in [0.29, 0.717) is 0 Å². The molecule has 7 heteroatoms. The van der Waals surface area contributed by atoms with Crippen molar-refractivity contribution in [1.29, 1.82) is 0 Å². The number of rotatable bonds is 4. The fourth-order valence-electron chi connectivity index (χ4n) is 1.96. The number of carbonyl (C=O) groups excluding carboxylic acids is 1. The first-order valence-electron chi connectivity index (χ1n) is 6.23. The number of aryl methyl sites for hydroxylation is 1. The second-order valence-electron chi connectivity index (χ2n) is 4.63. The molecule has 1 amide bonds. The zero-order chi connectivity index (χ0) is 15.6. The van der Waals surface area contributed by atoms with E-state index < -0.39 is 22.3 Å². The lowest BCUT2D eigenvalue weighted by molar-refractivity contribution is -0.385. The lowest BCUT2D eigenvalue weighted by Crippen LogP contribution is -2.25. The number of aromatic nitrogens is 1. The molecule has 0 aliphatic rings. The van der Waals surface area contributed by atoms with Gasteiger partial charge in [0.1, 0.15) is 11.4 Å². The summed E-state index contributed by atoms with van der Waals surface area (Å²) in [5, 5.41) is 13.4. The Labute approximate surface area is 120 Å². The molecule has 21 heavy (non-hydrogen) atoms. The lowest BCUT2D eigenvalue weighted by atomic mass is 10.1. The van der Waals surface area contributed by atoms with Crippen LogP contribution in [0.5, 0.6) is 0 Å². The van der Waals surface area contributed by atoms with Gasteiger partial charge in [0.25, 0.3) is 11.6 Å². The van der Waals surface area contributed by atoms with Gasteiger partial charge in [-0.2, -0.15) is 0 Å². The van der Waals surface area contributed by atoms with Crippen molar-refractivity contribution in [2.45, 2.75) is 13.5 Å². The van der Waals surface area contributed by atoms with Crippen molar-refractivity contribution in [3.8, 4) is 0 Å². The molecule has 6 nitrogen and oxygen atoms in total. The molecule has 1 aromatic carbocycles. The van der Waals surface area contributed by atoms with Crippen LogP contribution in [-0.2, 0) is 13.6 Å². The molecule has 110 valence electrons. The van der Waals surface area contributed by atoms with Crippen LogP contribution in [0.1, 0.15) is 21.7 Å². The van der Waals surface area contributed by atoms with Crippen LogP contribution in [0.15, 0.2) is 30.3 Å². The molecule has 0 saturated carbocycles. The molecule has 0 bridgehead atoms. The smallest absolute Gasteiger partial charge is 0.282 e. The van der Waals surface area contributed by atoms with Gasteiger partial charge in [0.2, 0.25) is 0 Å². The number of nitrogens with zero attached hydrogens (tertiary/aromatic N) is 2. The van der Waals surface area contributed by atoms with Crippen molar-refractivity contribution in [3.63, 3.8) is 0 Å². The molecule has 0 spiro atoms. The second kappa shape index (κ2) is 5.74. The zero-order valence-corrected chi connectivity index (χ0v) is 11.6. The molecule has 2 aromatic rings. The highest BCUT2D eigenvalue weighted by atomic mass is 19.1. The molecule has 0 saturated heterocycles. The van der Waals surface area contributed by atoms with Gasteiger partial charge in [0.15, 0.2) is 0 Å². The first-order valence-corrected chi connectivity index (χ1v) is 6.23. The Morgan fingerprint density at radius 1 is 1.38 bits per heavy atom. The molecular formula is C14H14FN3O3. The predicted molar refractivity (Wildman–Crippen MR) is 74.4 cm³/mol. The first kappa shape index (κ1) is 14.7. The molecule has 1 aromatic heterocycles. The van der Waals surface area contributed by atoms with E-state index in [1.165, 1.54) is 0 Å². The van der Waals surface area contributed by atoms with Gasteiger partial charge in [-0.1, -0.05) is 0 Å². The van der Waals surface area contributed by atoms with Crippen molar-refractivity contribution >= 4 is 11.6 Å². The highest BCUT2D eigenvalue weighted by Crippen LogP contribution is 2.19. The fourth-order valence-corrected chi connectivity index (χ4v) is 1.96. The zero-order valence-electron chi connectivity index (χ0n) is 11.6. The Kier molecular flexibility index (Phi) is 4.02. The van der Waals surface area contributed by atoms with E-state index in [0.717, 1.165) is 29.6 Å². The van der Waals surface area contributed by atoms with Crippen molar-refractivity contribution < 1.29 is 14.1 Å². The summed E-state index contributed by atoms with van der Waals surface area (Å²) >= 11 is 0. The summed E-state index contributed by atoms with van der Waals surface area (Å²) in [5.74, 6) is -1.37. The van der Waals surface area contributed by atoms with Gasteiger partial charge < -0.3 is 9.88 Å². The summed E-state index contributed by atoms with van der Waals surface area (Å²) in [7, 11) is 1.85. The lowest BCUT2D eigenvalue weighted by Gasteiger charge is -2.08. The molecule has 0 aliphatic heterocycles. The SMILES string of the molecule is Cc1ccc(CNC(=O)c2cc(F)ccc2[N+](=O)[O-])n1C. The van der Waals surface area contributed by atoms with Crippen LogP contribution in [-0.4, -0.2) is 15.4 Å². The third-order valence-corrected chi connectivity index (χ3v) is 3.31. The van der Waals surface area contributed by atoms with E-state index in [2.05, 4.69) is 5.32 Å². The van der Waals surface area contributed by atoms with E-state index >= 15 is 0 Å². The molecule has 0 radical (unpaired) electrons. The van der Waals surface area contributed by atoms with Gasteiger partial charge in [-0.25, -0.2) is 4.39 Å². The molecule has 0 atom stereocenters. The highest BCUT2D eigenvalue weighted by molar-refractivity contribution is 5.98. The second-order valence-corrected chi connectivity index (χ2v) is 4.63. The summed E-state index contributed by atoms with van der Waals surface area (Å²) in [5.41, 5.74) is 1.17. The molecule has 0 unspecified atom stereocenters. The van der Waals surface area contributed by atoms with E-state index in [4.69, 9.17) is 0 Å². The van der Waals surface area contributed by atoms with Gasteiger partial charge in [-0.3, -0.25) is 14.9 Å². The summed E-state index contributed by atoms with van der Waals surface area (Å²) in [6.07, 6.45) is 0. The topological polar surface area (TPSA) is 77.2 Å². The Morgan fingerprint density at radius 2 is 2.10 bits per heavy atom. The average Bonchev–Trinajstić information content (AvgIpc) is 2.75. The molecular weight excluding hydrogens is 277 g/mol. The van der Waals surface area contributed by atoms with Crippen LogP contribution in [0.25, 0.3) is 0 Å². The van der Waals surface area contributed by atoms with E-state index in [1.807, 2.05) is 30.7 Å². The molecule has 0 aliphatic carbocycles. The average molecular weight is 291 g/mol. The number of halogens is 1. The van der Waals surface area contributed by atoms with Crippen LogP contribution in [0.4, 0.5) is 10.1 Å². The van der Waals surface area contributed by atoms with Gasteiger partial charge >= 0.3 is 0 Å². The quantitative estimate of drug-likeness (QED) is 0.693. The minimum Gasteiger partial charge on any atom is -0.350 e. The number of nitro benzene ring substituents is 1. The number of nitro groups is 1. The van der Waals surface area contributed by atoms with Crippen LogP contribution < -0.4 is 5.32 Å². The van der Waals surface area contributed by atoms with Crippen molar-refractivity contribution in [2.75, 3.05) is 0 Å². The van der Waals surface area contributed by atoms with Crippen LogP contribution in [0.3, 0.4) is 0 Å². The van der Waals surface area contributed by atoms with Crippen LogP contribution >= 0.6 is 0 Å². The molecule has 2 rings (SSSR count). The number of hydrogen-bond acceptors (Lipinski definition) is 3. The third-order valence-electron chi connectivity index (χ3n) is 3.31. The van der Waals surface area contributed by atoms with Crippen molar-refractivity contribution in [1.82, 2.24) is 9.88 Å². The van der Waals surface area contributed by atoms with Crippen molar-refractivity contribution in [2.24, 2.45) is 7.05 Å². The third kappa shape index (κ3) is 3.07. The normalized spacial score (nSPS) is 10.4. The monoisotopic (exact) mass is 291 g/mol. The Balaban J connectivity index is 2.19. The van der Waals surface area contributed by atoms with E-state index in [-0.39, 0.29) is 12.1 Å². The summed E-state index contributed by atoms with van der Waals surface area (Å²) < 4.78 is 15.1. The number of carbonyl (C=O) groups is 1. The Bertz CT molecular complexity index is 709. The maximum absolute atomic E-state index is 13.2. The molecule has 1 N–H and O–H groups in total. The minimum absolute atomic E-state index is 0.205. The fraction of sp³-hybridized carbons (Fsp3) is 0.214. The number of nitrogens with one attached hydrogen (secondary N) is 1. The van der Waals surface area contributed by atoms with Crippen molar-refractivity contribution in [3.05, 3.63) is 63.2 Å². The maximum Gasteiger partial charge on any atom is 0.282 e. The van der Waals surface area contributed by atoms with E-state index in [9.17, 15) is 19.3 Å². The summed E-state index contributed by atoms with van der Waals surface area (Å²) in [6.45, 7) is 2.12. The first-order chi connectivity index (χ1) is 9.90. The Hall–Kier alpha value is -2.70. The standard InChI is InChI=1S/C14H14FN3O3/c1-9-3-5-11(17(9)2)8-16-14(19)12-7-10(15)4-6-13(12)18(20)21/h3-7H,8H2,1-2H3,(H,16,19). The predicted octanol–water partition coefficient (Wildman–Crippen LogP) is 2.31.